The molecule has 0 radical (unpaired) electrons. The van der Waals surface area contributed by atoms with Gasteiger partial charge in [-0.15, -0.1) is 0 Å². The second kappa shape index (κ2) is 6.53. The summed E-state index contributed by atoms with van der Waals surface area (Å²) in [4.78, 5) is 0. The fourth-order valence-corrected chi connectivity index (χ4v) is 3.01. The third-order valence-corrected chi connectivity index (χ3v) is 4.40. The van der Waals surface area contributed by atoms with Crippen LogP contribution in [0.25, 0.3) is 0 Å². The van der Waals surface area contributed by atoms with Gasteiger partial charge < -0.3 is 10.2 Å². The summed E-state index contributed by atoms with van der Waals surface area (Å²) in [5.74, 6) is 0.753. The number of hydrogen-bond donors (Lipinski definition) is 2. The number of rotatable bonds is 4. The van der Waals surface area contributed by atoms with E-state index in [1.807, 2.05) is 12.1 Å². The van der Waals surface area contributed by atoms with Gasteiger partial charge in [0.05, 0.1) is 6.10 Å². The fraction of sp³-hybridized carbons (Fsp3) is 0.647. The molecule has 0 aliphatic heterocycles. The van der Waals surface area contributed by atoms with E-state index in [9.17, 15) is 10.2 Å². The van der Waals surface area contributed by atoms with Crippen molar-refractivity contribution in [1.29, 1.82) is 0 Å². The predicted octanol–water partition coefficient (Wildman–Crippen LogP) is 3.78. The van der Waals surface area contributed by atoms with E-state index in [2.05, 4.69) is 26.0 Å². The Kier molecular flexibility index (Phi) is 5.00. The maximum Gasteiger partial charge on any atom is 0.105 e. The van der Waals surface area contributed by atoms with Crippen LogP contribution in [0.1, 0.15) is 69.1 Å². The largest absolute Gasteiger partial charge is 0.390 e. The van der Waals surface area contributed by atoms with Crippen LogP contribution in [-0.4, -0.2) is 16.3 Å². The van der Waals surface area contributed by atoms with Crippen LogP contribution in [0.5, 0.6) is 0 Å². The van der Waals surface area contributed by atoms with Gasteiger partial charge in [0, 0.05) is 0 Å². The quantitative estimate of drug-likeness (QED) is 0.867. The highest BCUT2D eigenvalue weighted by Crippen LogP contribution is 2.32. The molecule has 0 bridgehead atoms. The maximum atomic E-state index is 10.3. The van der Waals surface area contributed by atoms with Crippen molar-refractivity contribution >= 4 is 0 Å². The average molecular weight is 262 g/mol. The van der Waals surface area contributed by atoms with Crippen LogP contribution in [0.2, 0.25) is 0 Å². The van der Waals surface area contributed by atoms with Crippen LogP contribution in [0, 0.1) is 5.92 Å². The number of aliphatic hydroxyl groups excluding tert-OH is 2. The molecule has 2 unspecified atom stereocenters. The zero-order valence-electron chi connectivity index (χ0n) is 12.0. The van der Waals surface area contributed by atoms with Crippen LogP contribution in [-0.2, 0) is 0 Å². The van der Waals surface area contributed by atoms with Crippen molar-refractivity contribution in [2.75, 3.05) is 0 Å². The van der Waals surface area contributed by atoms with Gasteiger partial charge in [-0.1, -0.05) is 57.4 Å². The Morgan fingerprint density at radius 1 is 0.895 bits per heavy atom. The summed E-state index contributed by atoms with van der Waals surface area (Å²) in [6.45, 7) is 4.31. The fourth-order valence-electron chi connectivity index (χ4n) is 3.01. The summed E-state index contributed by atoms with van der Waals surface area (Å²) in [7, 11) is 0. The second-order valence-electron chi connectivity index (χ2n) is 6.15. The Hall–Kier alpha value is -0.860. The first kappa shape index (κ1) is 14.5. The molecule has 1 fully saturated rings. The van der Waals surface area contributed by atoms with Gasteiger partial charge in [0.2, 0.25) is 0 Å². The molecule has 2 N–H and O–H groups in total. The standard InChI is InChI=1S/C17H26O2/c1-12(2)13-8-10-15(11-9-13)17(19)16(18)14-6-4-3-5-7-14/h8-12,14,16-19H,3-7H2,1-2H3. The van der Waals surface area contributed by atoms with Gasteiger partial charge in [-0.3, -0.25) is 0 Å². The molecule has 0 aromatic heterocycles. The van der Waals surface area contributed by atoms with E-state index >= 15 is 0 Å². The van der Waals surface area contributed by atoms with Crippen molar-refractivity contribution in [2.45, 2.75) is 64.1 Å². The summed E-state index contributed by atoms with van der Waals surface area (Å²) in [5.41, 5.74) is 2.10. The molecule has 1 saturated carbocycles. The van der Waals surface area contributed by atoms with Gasteiger partial charge in [0.15, 0.2) is 0 Å². The lowest BCUT2D eigenvalue weighted by Gasteiger charge is -2.30. The molecule has 1 aromatic rings. The van der Waals surface area contributed by atoms with E-state index in [4.69, 9.17) is 0 Å². The van der Waals surface area contributed by atoms with Crippen LogP contribution in [0.15, 0.2) is 24.3 Å². The van der Waals surface area contributed by atoms with E-state index < -0.39 is 12.2 Å². The highest BCUT2D eigenvalue weighted by Gasteiger charge is 2.28. The lowest BCUT2D eigenvalue weighted by molar-refractivity contribution is -0.0285. The molecule has 0 spiro atoms. The minimum absolute atomic E-state index is 0.258. The first-order valence-corrected chi connectivity index (χ1v) is 7.55. The average Bonchev–Trinajstić information content (AvgIpc) is 2.46. The molecule has 1 aliphatic carbocycles. The number of benzene rings is 1. The van der Waals surface area contributed by atoms with Crippen LogP contribution >= 0.6 is 0 Å². The molecule has 1 aliphatic rings. The monoisotopic (exact) mass is 262 g/mol. The minimum atomic E-state index is -0.746. The normalized spacial score (nSPS) is 20.5. The Morgan fingerprint density at radius 2 is 1.42 bits per heavy atom. The van der Waals surface area contributed by atoms with E-state index in [1.54, 1.807) is 0 Å². The van der Waals surface area contributed by atoms with Crippen LogP contribution in [0.3, 0.4) is 0 Å². The predicted molar refractivity (Wildman–Crippen MR) is 78.1 cm³/mol. The topological polar surface area (TPSA) is 40.5 Å². The van der Waals surface area contributed by atoms with Gasteiger partial charge in [-0.2, -0.15) is 0 Å². The molecule has 1 aromatic carbocycles. The zero-order valence-corrected chi connectivity index (χ0v) is 12.0. The van der Waals surface area contributed by atoms with Crippen molar-refractivity contribution in [3.05, 3.63) is 35.4 Å². The van der Waals surface area contributed by atoms with Crippen LogP contribution < -0.4 is 0 Å². The second-order valence-corrected chi connectivity index (χ2v) is 6.15. The smallest absolute Gasteiger partial charge is 0.105 e. The third-order valence-electron chi connectivity index (χ3n) is 4.40. The molecule has 2 atom stereocenters. The first-order chi connectivity index (χ1) is 9.09. The molecule has 2 nitrogen and oxygen atoms in total. The third kappa shape index (κ3) is 3.58. The molecule has 0 heterocycles. The molecular formula is C17H26O2. The Bertz CT molecular complexity index is 377. The molecule has 2 rings (SSSR count). The SMILES string of the molecule is CC(C)c1ccc(C(O)C(O)C2CCCCC2)cc1. The van der Waals surface area contributed by atoms with Crippen LogP contribution in [0.4, 0.5) is 0 Å². The van der Waals surface area contributed by atoms with Crippen molar-refractivity contribution in [2.24, 2.45) is 5.92 Å². The van der Waals surface area contributed by atoms with E-state index in [0.29, 0.717) is 5.92 Å². The van der Waals surface area contributed by atoms with Gasteiger partial charge in [0.25, 0.3) is 0 Å². The summed E-state index contributed by atoms with van der Waals surface area (Å²) < 4.78 is 0. The highest BCUT2D eigenvalue weighted by molar-refractivity contribution is 5.26. The first-order valence-electron chi connectivity index (χ1n) is 7.55. The van der Waals surface area contributed by atoms with E-state index in [0.717, 1.165) is 18.4 Å². The van der Waals surface area contributed by atoms with E-state index in [-0.39, 0.29) is 5.92 Å². The Morgan fingerprint density at radius 3 is 1.95 bits per heavy atom. The lowest BCUT2D eigenvalue weighted by Crippen LogP contribution is -2.29. The molecule has 106 valence electrons. The number of aliphatic hydroxyl groups is 2. The van der Waals surface area contributed by atoms with Crippen molar-refractivity contribution in [3.63, 3.8) is 0 Å². The summed E-state index contributed by atoms with van der Waals surface area (Å²) >= 11 is 0. The Balaban J connectivity index is 2.03. The molecule has 0 saturated heterocycles. The van der Waals surface area contributed by atoms with Gasteiger partial charge >= 0.3 is 0 Å². The lowest BCUT2D eigenvalue weighted by atomic mass is 9.82. The van der Waals surface area contributed by atoms with Gasteiger partial charge in [-0.25, -0.2) is 0 Å². The van der Waals surface area contributed by atoms with Gasteiger partial charge in [-0.05, 0) is 35.8 Å². The molecule has 19 heavy (non-hydrogen) atoms. The molecule has 0 amide bonds. The van der Waals surface area contributed by atoms with E-state index in [1.165, 1.54) is 24.8 Å². The summed E-state index contributed by atoms with van der Waals surface area (Å²) in [6.07, 6.45) is 4.35. The van der Waals surface area contributed by atoms with Crippen molar-refractivity contribution in [3.8, 4) is 0 Å². The van der Waals surface area contributed by atoms with Crippen molar-refractivity contribution in [1.82, 2.24) is 0 Å². The minimum Gasteiger partial charge on any atom is -0.390 e. The molecule has 2 heteroatoms. The highest BCUT2D eigenvalue weighted by atomic mass is 16.3. The molecular weight excluding hydrogens is 236 g/mol. The zero-order chi connectivity index (χ0) is 13.8. The Labute approximate surface area is 116 Å². The summed E-state index contributed by atoms with van der Waals surface area (Å²) in [6, 6.07) is 8.01. The maximum absolute atomic E-state index is 10.3. The number of hydrogen-bond acceptors (Lipinski definition) is 2. The van der Waals surface area contributed by atoms with Gasteiger partial charge in [0.1, 0.15) is 6.10 Å². The summed E-state index contributed by atoms with van der Waals surface area (Å²) in [5, 5.41) is 20.6. The van der Waals surface area contributed by atoms with Crippen molar-refractivity contribution < 1.29 is 10.2 Å².